The van der Waals surface area contributed by atoms with Crippen molar-refractivity contribution in [2.24, 2.45) is 0 Å². The highest BCUT2D eigenvalue weighted by Crippen LogP contribution is 2.24. The summed E-state index contributed by atoms with van der Waals surface area (Å²) in [7, 11) is 0. The van der Waals surface area contributed by atoms with Crippen molar-refractivity contribution in [1.82, 2.24) is 30.1 Å². The number of nitrogens with one attached hydrogen (secondary N) is 1. The first-order valence-corrected chi connectivity index (χ1v) is 10.7. The van der Waals surface area contributed by atoms with Crippen molar-refractivity contribution in [3.05, 3.63) is 66.2 Å². The summed E-state index contributed by atoms with van der Waals surface area (Å²) in [5, 5.41) is 17.8. The van der Waals surface area contributed by atoms with E-state index in [1.165, 1.54) is 30.5 Å². The van der Waals surface area contributed by atoms with Gasteiger partial charge in [0, 0.05) is 29.9 Å². The third-order valence-electron chi connectivity index (χ3n) is 5.20. The fourth-order valence-corrected chi connectivity index (χ4v) is 3.44. The number of halogens is 2. The van der Waals surface area contributed by atoms with E-state index in [-0.39, 0.29) is 17.5 Å². The third kappa shape index (κ3) is 5.32. The number of amides is 2. The zero-order valence-corrected chi connectivity index (χ0v) is 18.3. The van der Waals surface area contributed by atoms with Gasteiger partial charge >= 0.3 is 12.5 Å². The Morgan fingerprint density at radius 2 is 1.89 bits per heavy atom. The minimum Gasteiger partial charge on any atom is -0.415 e. The van der Waals surface area contributed by atoms with Gasteiger partial charge in [0.25, 0.3) is 5.89 Å². The van der Waals surface area contributed by atoms with E-state index < -0.39 is 18.8 Å². The smallest absolute Gasteiger partial charge is 0.321 e. The van der Waals surface area contributed by atoms with Crippen molar-refractivity contribution in [2.75, 3.05) is 31.6 Å². The van der Waals surface area contributed by atoms with E-state index in [9.17, 15) is 13.6 Å². The molecule has 5 rings (SSSR count). The molecule has 0 unspecified atom stereocenters. The zero-order valence-electron chi connectivity index (χ0n) is 20.3. The van der Waals surface area contributed by atoms with Crippen LogP contribution in [0.3, 0.4) is 0 Å². The zero-order chi connectivity index (χ0) is 26.0. The minimum atomic E-state index is -2.88. The van der Waals surface area contributed by atoms with Gasteiger partial charge in [-0.25, -0.2) is 9.48 Å². The predicted molar refractivity (Wildman–Crippen MR) is 121 cm³/mol. The first kappa shape index (κ1) is 20.2. The van der Waals surface area contributed by atoms with Gasteiger partial charge in [-0.15, -0.1) is 15.3 Å². The maximum atomic E-state index is 12.7. The highest BCUT2D eigenvalue weighted by Gasteiger charge is 2.18. The van der Waals surface area contributed by atoms with Crippen LogP contribution >= 0.6 is 0 Å². The molecule has 1 saturated heterocycles. The summed E-state index contributed by atoms with van der Waals surface area (Å²) >= 11 is 0. The lowest BCUT2D eigenvalue weighted by Crippen LogP contribution is -2.43. The molecule has 0 radical (unpaired) electrons. The first-order chi connectivity index (χ1) is 17.8. The molecule has 0 spiro atoms. The normalized spacial score (nSPS) is 15.1. The standard InChI is InChI=1S/C23H21F2N7O3/c24-20(25)22-29-28-21(35-22)16-6-4-15(5-7-16)13-32-14-19(27-30-32)17-2-1-3-18(12-17)26-23(33)31-8-10-34-11-9-31/h1-7,12,14,20H,8-11,13H2,(H,26,33)/i13D2. The molecule has 35 heavy (non-hydrogen) atoms. The summed E-state index contributed by atoms with van der Waals surface area (Å²) in [5.74, 6) is -0.875. The predicted octanol–water partition coefficient (Wildman–Crippen LogP) is 3.85. The Morgan fingerprint density at radius 1 is 1.09 bits per heavy atom. The SMILES string of the molecule is [2H]C([2H])(c1ccc(-c2nnc(C(F)F)o2)cc1)n1cc(-c2cccc(NC(=O)N3CCOCC3)c2)nn1. The van der Waals surface area contributed by atoms with E-state index >= 15 is 0 Å². The molecule has 180 valence electrons. The largest absolute Gasteiger partial charge is 0.415 e. The van der Waals surface area contributed by atoms with Crippen molar-refractivity contribution in [3.8, 4) is 22.7 Å². The number of rotatable bonds is 6. The summed E-state index contributed by atoms with van der Waals surface area (Å²) in [5.41, 5.74) is 2.23. The lowest BCUT2D eigenvalue weighted by atomic mass is 10.1. The third-order valence-corrected chi connectivity index (χ3v) is 5.20. The van der Waals surface area contributed by atoms with Crippen LogP contribution in [0.2, 0.25) is 0 Å². The molecule has 2 amide bonds. The fourth-order valence-electron chi connectivity index (χ4n) is 3.44. The first-order valence-electron chi connectivity index (χ1n) is 11.7. The summed E-state index contributed by atoms with van der Waals surface area (Å²) < 4.78 is 53.8. The lowest BCUT2D eigenvalue weighted by Gasteiger charge is -2.26. The Kier molecular flexibility index (Phi) is 5.76. The van der Waals surface area contributed by atoms with Crippen molar-refractivity contribution >= 4 is 11.7 Å². The molecule has 2 aromatic heterocycles. The van der Waals surface area contributed by atoms with Crippen LogP contribution in [0.4, 0.5) is 19.3 Å². The fraction of sp³-hybridized carbons (Fsp3) is 0.261. The molecule has 0 aliphatic carbocycles. The number of alkyl halides is 2. The maximum Gasteiger partial charge on any atom is 0.321 e. The Hall–Kier alpha value is -4.19. The number of carbonyl (C=O) groups is 1. The number of nitrogens with zero attached hydrogens (tertiary/aromatic N) is 6. The quantitative estimate of drug-likeness (QED) is 0.443. The van der Waals surface area contributed by atoms with E-state index in [4.69, 9.17) is 11.9 Å². The molecule has 2 aromatic carbocycles. The second kappa shape index (κ2) is 9.97. The molecule has 1 N–H and O–H groups in total. The van der Waals surface area contributed by atoms with E-state index in [2.05, 4.69) is 25.8 Å². The lowest BCUT2D eigenvalue weighted by molar-refractivity contribution is 0.0564. The molecular weight excluding hydrogens is 460 g/mol. The molecule has 3 heterocycles. The highest BCUT2D eigenvalue weighted by molar-refractivity contribution is 5.90. The van der Waals surface area contributed by atoms with E-state index in [0.29, 0.717) is 48.8 Å². The van der Waals surface area contributed by atoms with Gasteiger partial charge in [-0.1, -0.05) is 29.5 Å². The van der Waals surface area contributed by atoms with Crippen molar-refractivity contribution < 1.29 is 25.5 Å². The average Bonchev–Trinajstić information content (AvgIpc) is 3.61. The van der Waals surface area contributed by atoms with Crippen LogP contribution < -0.4 is 5.32 Å². The molecular formula is C23H21F2N7O3. The van der Waals surface area contributed by atoms with E-state index in [1.807, 2.05) is 0 Å². The molecule has 1 aliphatic heterocycles. The van der Waals surface area contributed by atoms with Gasteiger partial charge in [-0.2, -0.15) is 8.78 Å². The van der Waals surface area contributed by atoms with Crippen LogP contribution in [0.15, 0.2) is 59.1 Å². The second-order valence-corrected chi connectivity index (χ2v) is 7.59. The minimum absolute atomic E-state index is 0.0916. The van der Waals surface area contributed by atoms with Gasteiger partial charge in [-0.05, 0) is 29.8 Å². The van der Waals surface area contributed by atoms with Gasteiger partial charge in [0.1, 0.15) is 5.69 Å². The average molecular weight is 483 g/mol. The van der Waals surface area contributed by atoms with E-state index in [0.717, 1.165) is 4.68 Å². The summed E-state index contributed by atoms with van der Waals surface area (Å²) in [6.45, 7) is -0.0478. The summed E-state index contributed by atoms with van der Waals surface area (Å²) in [6.07, 6.45) is -1.41. The van der Waals surface area contributed by atoms with Crippen molar-refractivity contribution in [2.45, 2.75) is 12.9 Å². The number of morpholine rings is 1. The Morgan fingerprint density at radius 3 is 2.63 bits per heavy atom. The summed E-state index contributed by atoms with van der Waals surface area (Å²) in [4.78, 5) is 14.2. The second-order valence-electron chi connectivity index (χ2n) is 7.59. The number of ether oxygens (including phenoxy) is 1. The molecule has 1 fully saturated rings. The number of urea groups is 1. The number of carbonyl (C=O) groups excluding carboxylic acids is 1. The number of benzene rings is 2. The molecule has 4 aromatic rings. The van der Waals surface area contributed by atoms with Gasteiger partial charge in [0.05, 0.1) is 28.6 Å². The number of aromatic nitrogens is 5. The van der Waals surface area contributed by atoms with Crippen molar-refractivity contribution in [3.63, 3.8) is 0 Å². The van der Waals surface area contributed by atoms with Crippen LogP contribution in [0.1, 0.15) is 20.6 Å². The van der Waals surface area contributed by atoms with Crippen LogP contribution in [-0.4, -0.2) is 62.4 Å². The van der Waals surface area contributed by atoms with Crippen LogP contribution in [-0.2, 0) is 11.2 Å². The van der Waals surface area contributed by atoms with Crippen LogP contribution in [0.5, 0.6) is 0 Å². The molecule has 0 atom stereocenters. The van der Waals surface area contributed by atoms with Gasteiger partial charge < -0.3 is 19.4 Å². The van der Waals surface area contributed by atoms with Gasteiger partial charge in [0.15, 0.2) is 0 Å². The molecule has 10 nitrogen and oxygen atoms in total. The summed E-state index contributed by atoms with van der Waals surface area (Å²) in [6, 6.07) is 12.7. The van der Waals surface area contributed by atoms with Crippen LogP contribution in [0, 0.1) is 0 Å². The molecule has 0 saturated carbocycles. The Balaban J connectivity index is 1.31. The number of hydrogen-bond donors (Lipinski definition) is 1. The molecule has 1 aliphatic rings. The Labute approximate surface area is 201 Å². The van der Waals surface area contributed by atoms with Crippen molar-refractivity contribution in [1.29, 1.82) is 0 Å². The van der Waals surface area contributed by atoms with Gasteiger partial charge in [-0.3, -0.25) is 0 Å². The molecule has 12 heteroatoms. The monoisotopic (exact) mass is 483 g/mol. The number of hydrogen-bond acceptors (Lipinski definition) is 7. The van der Waals surface area contributed by atoms with E-state index in [1.54, 1.807) is 29.2 Å². The molecule has 0 bridgehead atoms. The highest BCUT2D eigenvalue weighted by atomic mass is 19.3. The topological polar surface area (TPSA) is 111 Å². The maximum absolute atomic E-state index is 12.7. The Bertz CT molecular complexity index is 1390. The van der Waals surface area contributed by atoms with Gasteiger partial charge in [0.2, 0.25) is 5.89 Å². The van der Waals surface area contributed by atoms with Crippen LogP contribution in [0.25, 0.3) is 22.7 Å². The number of anilines is 1.